The molecule has 20 heavy (non-hydrogen) atoms. The van der Waals surface area contributed by atoms with E-state index < -0.39 is 0 Å². The molecular formula is C12H19N3O2S3. The van der Waals surface area contributed by atoms with Crippen molar-refractivity contribution in [3.63, 3.8) is 0 Å². The van der Waals surface area contributed by atoms with E-state index in [2.05, 4.69) is 15.5 Å². The average molecular weight is 334 g/mol. The second kappa shape index (κ2) is 8.21. The Bertz CT molecular complexity index is 437. The smallest absolute Gasteiger partial charge is 0.323 e. The lowest BCUT2D eigenvalue weighted by atomic mass is 10.2. The molecule has 0 amide bonds. The second-order valence-electron chi connectivity index (χ2n) is 4.42. The molecule has 1 aromatic heterocycles. The van der Waals surface area contributed by atoms with Gasteiger partial charge in [-0.3, -0.25) is 4.79 Å². The molecule has 0 bridgehead atoms. The fourth-order valence-electron chi connectivity index (χ4n) is 1.65. The predicted molar refractivity (Wildman–Crippen MR) is 83.6 cm³/mol. The molecule has 0 radical (unpaired) electrons. The molecule has 2 rings (SSSR count). The van der Waals surface area contributed by atoms with Gasteiger partial charge in [0.1, 0.15) is 6.04 Å². The van der Waals surface area contributed by atoms with Gasteiger partial charge >= 0.3 is 5.97 Å². The van der Waals surface area contributed by atoms with E-state index in [0.717, 1.165) is 33.7 Å². The largest absolute Gasteiger partial charge is 0.465 e. The van der Waals surface area contributed by atoms with Crippen molar-refractivity contribution in [2.75, 3.05) is 18.6 Å². The Balaban J connectivity index is 1.76. The number of ether oxygens (including phenoxy) is 1. The van der Waals surface area contributed by atoms with Crippen molar-refractivity contribution in [1.82, 2.24) is 15.5 Å². The van der Waals surface area contributed by atoms with E-state index in [1.54, 1.807) is 34.9 Å². The SMILES string of the molecule is CCOC(=O)C(CCSc1nnc(SC)s1)NC1CC1. The number of nitrogens with zero attached hydrogens (tertiary/aromatic N) is 2. The minimum Gasteiger partial charge on any atom is -0.465 e. The molecule has 1 fully saturated rings. The molecule has 0 aromatic carbocycles. The number of nitrogens with one attached hydrogen (secondary N) is 1. The van der Waals surface area contributed by atoms with Crippen LogP contribution in [-0.4, -0.2) is 46.9 Å². The molecule has 1 heterocycles. The van der Waals surface area contributed by atoms with Crippen LogP contribution in [0.25, 0.3) is 0 Å². The van der Waals surface area contributed by atoms with E-state index in [-0.39, 0.29) is 12.0 Å². The zero-order chi connectivity index (χ0) is 14.4. The molecular weight excluding hydrogens is 314 g/mol. The van der Waals surface area contributed by atoms with Gasteiger partial charge in [-0.1, -0.05) is 34.9 Å². The van der Waals surface area contributed by atoms with Gasteiger partial charge in [-0.05, 0) is 32.4 Å². The molecule has 1 saturated carbocycles. The Morgan fingerprint density at radius 1 is 1.50 bits per heavy atom. The van der Waals surface area contributed by atoms with Crippen molar-refractivity contribution >= 4 is 40.8 Å². The van der Waals surface area contributed by atoms with Crippen LogP contribution in [0, 0.1) is 0 Å². The summed E-state index contributed by atoms with van der Waals surface area (Å²) in [4.78, 5) is 11.9. The molecule has 0 aliphatic heterocycles. The van der Waals surface area contributed by atoms with Crippen LogP contribution in [0.4, 0.5) is 0 Å². The van der Waals surface area contributed by atoms with E-state index in [9.17, 15) is 4.79 Å². The Labute approximate surface area is 131 Å². The van der Waals surface area contributed by atoms with Crippen LogP contribution in [0.1, 0.15) is 26.2 Å². The highest BCUT2D eigenvalue weighted by Gasteiger charge is 2.28. The van der Waals surface area contributed by atoms with Crippen molar-refractivity contribution in [2.24, 2.45) is 0 Å². The minimum atomic E-state index is -0.192. The zero-order valence-corrected chi connectivity index (χ0v) is 14.1. The number of carbonyl (C=O) groups is 1. The molecule has 8 heteroatoms. The fourth-order valence-corrected chi connectivity index (χ4v) is 4.16. The summed E-state index contributed by atoms with van der Waals surface area (Å²) in [5.74, 6) is 0.703. The number of hydrogen-bond donors (Lipinski definition) is 1. The molecule has 0 saturated heterocycles. The third kappa shape index (κ3) is 5.23. The van der Waals surface area contributed by atoms with E-state index in [0.29, 0.717) is 12.6 Å². The first-order valence-electron chi connectivity index (χ1n) is 6.66. The lowest BCUT2D eigenvalue weighted by Crippen LogP contribution is -2.39. The summed E-state index contributed by atoms with van der Waals surface area (Å²) in [6.07, 6.45) is 5.08. The van der Waals surface area contributed by atoms with Crippen LogP contribution < -0.4 is 5.32 Å². The topological polar surface area (TPSA) is 64.1 Å². The van der Waals surface area contributed by atoms with Crippen molar-refractivity contribution < 1.29 is 9.53 Å². The molecule has 112 valence electrons. The normalized spacial score (nSPS) is 16.1. The third-order valence-corrected chi connectivity index (χ3v) is 5.85. The third-order valence-electron chi connectivity index (χ3n) is 2.78. The molecule has 1 N–H and O–H groups in total. The molecule has 1 aromatic rings. The summed E-state index contributed by atoms with van der Waals surface area (Å²) in [6.45, 7) is 2.27. The second-order valence-corrected chi connectivity index (χ2v) is 7.79. The number of hydrogen-bond acceptors (Lipinski definition) is 8. The van der Waals surface area contributed by atoms with Crippen molar-refractivity contribution in [2.45, 2.75) is 46.9 Å². The first-order chi connectivity index (χ1) is 9.72. The van der Waals surface area contributed by atoms with Gasteiger partial charge in [0.15, 0.2) is 8.68 Å². The van der Waals surface area contributed by atoms with Crippen molar-refractivity contribution in [3.8, 4) is 0 Å². The Kier molecular flexibility index (Phi) is 6.60. The van der Waals surface area contributed by atoms with Crippen LogP contribution in [0.3, 0.4) is 0 Å². The molecule has 1 atom stereocenters. The lowest BCUT2D eigenvalue weighted by molar-refractivity contribution is -0.145. The van der Waals surface area contributed by atoms with Crippen LogP contribution in [0.15, 0.2) is 8.68 Å². The average Bonchev–Trinajstić information content (AvgIpc) is 3.14. The van der Waals surface area contributed by atoms with Crippen molar-refractivity contribution in [1.29, 1.82) is 0 Å². The summed E-state index contributed by atoms with van der Waals surface area (Å²) in [5.41, 5.74) is 0. The first kappa shape index (κ1) is 16.1. The van der Waals surface area contributed by atoms with Crippen LogP contribution in [-0.2, 0) is 9.53 Å². The Hall–Kier alpha value is -0.310. The molecule has 1 aliphatic rings. The number of rotatable bonds is 9. The molecule has 0 spiro atoms. The first-order valence-corrected chi connectivity index (χ1v) is 9.68. The highest BCUT2D eigenvalue weighted by Crippen LogP contribution is 2.28. The van der Waals surface area contributed by atoms with Gasteiger partial charge in [0.05, 0.1) is 6.61 Å². The summed E-state index contributed by atoms with van der Waals surface area (Å²) in [5, 5.41) is 11.5. The number of carbonyl (C=O) groups excluding carboxylic acids is 1. The van der Waals surface area contributed by atoms with Gasteiger partial charge in [0.2, 0.25) is 0 Å². The van der Waals surface area contributed by atoms with Crippen LogP contribution in [0.2, 0.25) is 0 Å². The van der Waals surface area contributed by atoms with Gasteiger partial charge in [-0.15, -0.1) is 10.2 Å². The molecule has 5 nitrogen and oxygen atoms in total. The monoisotopic (exact) mass is 333 g/mol. The van der Waals surface area contributed by atoms with Gasteiger partial charge in [0, 0.05) is 11.8 Å². The Morgan fingerprint density at radius 2 is 2.25 bits per heavy atom. The maximum atomic E-state index is 11.9. The number of thioether (sulfide) groups is 2. The number of esters is 1. The fraction of sp³-hybridized carbons (Fsp3) is 0.750. The van der Waals surface area contributed by atoms with Gasteiger partial charge in [0.25, 0.3) is 0 Å². The van der Waals surface area contributed by atoms with Gasteiger partial charge in [-0.2, -0.15) is 0 Å². The van der Waals surface area contributed by atoms with E-state index >= 15 is 0 Å². The molecule has 1 aliphatic carbocycles. The zero-order valence-electron chi connectivity index (χ0n) is 11.6. The molecule has 1 unspecified atom stereocenters. The van der Waals surface area contributed by atoms with Crippen molar-refractivity contribution in [3.05, 3.63) is 0 Å². The highest BCUT2D eigenvalue weighted by atomic mass is 32.2. The predicted octanol–water partition coefficient (Wildman–Crippen LogP) is 2.43. The van der Waals surface area contributed by atoms with Crippen LogP contribution in [0.5, 0.6) is 0 Å². The summed E-state index contributed by atoms with van der Waals surface area (Å²) < 4.78 is 7.06. The quantitative estimate of drug-likeness (QED) is 0.550. The minimum absolute atomic E-state index is 0.137. The summed E-state index contributed by atoms with van der Waals surface area (Å²) >= 11 is 4.85. The van der Waals surface area contributed by atoms with E-state index in [1.165, 1.54) is 0 Å². The van der Waals surface area contributed by atoms with E-state index in [1.807, 2.05) is 13.2 Å². The lowest BCUT2D eigenvalue weighted by Gasteiger charge is -2.16. The Morgan fingerprint density at radius 3 is 2.85 bits per heavy atom. The van der Waals surface area contributed by atoms with Crippen LogP contribution >= 0.6 is 34.9 Å². The standard InChI is InChI=1S/C12H19N3O2S3/c1-3-17-10(16)9(13-8-4-5-8)6-7-19-12-15-14-11(18-2)20-12/h8-9,13H,3-7H2,1-2H3. The highest BCUT2D eigenvalue weighted by molar-refractivity contribution is 8.02. The van der Waals surface area contributed by atoms with E-state index in [4.69, 9.17) is 4.74 Å². The maximum absolute atomic E-state index is 11.9. The van der Waals surface area contributed by atoms with Gasteiger partial charge in [-0.25, -0.2) is 0 Å². The number of aromatic nitrogens is 2. The summed E-state index contributed by atoms with van der Waals surface area (Å²) in [6, 6.07) is 0.307. The van der Waals surface area contributed by atoms with Gasteiger partial charge < -0.3 is 10.1 Å². The maximum Gasteiger partial charge on any atom is 0.323 e. The summed E-state index contributed by atoms with van der Waals surface area (Å²) in [7, 11) is 0.